The fourth-order valence-electron chi connectivity index (χ4n) is 1.66. The predicted molar refractivity (Wildman–Crippen MR) is 74.1 cm³/mol. The van der Waals surface area contributed by atoms with Gasteiger partial charge in [0, 0.05) is 0 Å². The molecule has 2 aromatic rings. The SMILES string of the molecule is NC(=O)c1cccc(N)c1Nc1c(F)cccc1Cl. The van der Waals surface area contributed by atoms with Crippen LogP contribution in [0.3, 0.4) is 0 Å². The molecule has 5 N–H and O–H groups in total. The second-order valence-corrected chi connectivity index (χ2v) is 4.26. The van der Waals surface area contributed by atoms with Crippen LogP contribution in [0.1, 0.15) is 10.4 Å². The van der Waals surface area contributed by atoms with Gasteiger partial charge in [0.05, 0.1) is 27.6 Å². The number of hydrogen-bond acceptors (Lipinski definition) is 3. The van der Waals surface area contributed by atoms with Gasteiger partial charge in [0.1, 0.15) is 5.82 Å². The summed E-state index contributed by atoms with van der Waals surface area (Å²) in [4.78, 5) is 11.3. The average Bonchev–Trinajstić information content (AvgIpc) is 2.35. The van der Waals surface area contributed by atoms with E-state index in [2.05, 4.69) is 5.32 Å². The van der Waals surface area contributed by atoms with Gasteiger partial charge in [0.25, 0.3) is 5.91 Å². The Morgan fingerprint density at radius 3 is 2.47 bits per heavy atom. The van der Waals surface area contributed by atoms with Crippen LogP contribution in [-0.4, -0.2) is 5.91 Å². The first kappa shape index (κ1) is 13.2. The number of benzene rings is 2. The van der Waals surface area contributed by atoms with E-state index in [4.69, 9.17) is 23.1 Å². The molecule has 0 saturated heterocycles. The van der Waals surface area contributed by atoms with E-state index in [-0.39, 0.29) is 27.6 Å². The first-order valence-corrected chi connectivity index (χ1v) is 5.78. The summed E-state index contributed by atoms with van der Waals surface area (Å²) in [7, 11) is 0. The molecule has 0 saturated carbocycles. The Morgan fingerprint density at radius 2 is 1.84 bits per heavy atom. The number of carbonyl (C=O) groups excluding carboxylic acids is 1. The smallest absolute Gasteiger partial charge is 0.250 e. The van der Waals surface area contributed by atoms with Crippen LogP contribution >= 0.6 is 11.6 Å². The Labute approximate surface area is 114 Å². The number of rotatable bonds is 3. The van der Waals surface area contributed by atoms with Gasteiger partial charge in [-0.05, 0) is 24.3 Å². The van der Waals surface area contributed by atoms with Crippen molar-refractivity contribution in [2.24, 2.45) is 5.73 Å². The molecule has 1 amide bonds. The predicted octanol–water partition coefficient (Wildman–Crippen LogP) is 2.90. The summed E-state index contributed by atoms with van der Waals surface area (Å²) in [5.74, 6) is -1.21. The molecule has 19 heavy (non-hydrogen) atoms. The van der Waals surface area contributed by atoms with Gasteiger partial charge in [-0.2, -0.15) is 0 Å². The van der Waals surface area contributed by atoms with Crippen LogP contribution in [0.5, 0.6) is 0 Å². The van der Waals surface area contributed by atoms with Crippen molar-refractivity contribution < 1.29 is 9.18 Å². The van der Waals surface area contributed by atoms with Gasteiger partial charge in [-0.1, -0.05) is 23.7 Å². The third-order valence-corrected chi connectivity index (χ3v) is 2.89. The number of halogens is 2. The van der Waals surface area contributed by atoms with Crippen molar-refractivity contribution in [3.05, 3.63) is 52.8 Å². The van der Waals surface area contributed by atoms with Crippen molar-refractivity contribution in [1.82, 2.24) is 0 Å². The lowest BCUT2D eigenvalue weighted by atomic mass is 10.1. The van der Waals surface area contributed by atoms with Crippen molar-refractivity contribution in [1.29, 1.82) is 0 Å². The van der Waals surface area contributed by atoms with Gasteiger partial charge in [-0.15, -0.1) is 0 Å². The number of hydrogen-bond donors (Lipinski definition) is 3. The highest BCUT2D eigenvalue weighted by Gasteiger charge is 2.14. The largest absolute Gasteiger partial charge is 0.397 e. The van der Waals surface area contributed by atoms with Crippen LogP contribution in [0.15, 0.2) is 36.4 Å². The number of anilines is 3. The third-order valence-electron chi connectivity index (χ3n) is 2.57. The molecule has 0 atom stereocenters. The number of amides is 1. The molecule has 98 valence electrons. The molecular weight excluding hydrogens is 269 g/mol. The monoisotopic (exact) mass is 279 g/mol. The lowest BCUT2D eigenvalue weighted by molar-refractivity contribution is 0.100. The first-order chi connectivity index (χ1) is 9.00. The number of carbonyl (C=O) groups is 1. The maximum atomic E-state index is 13.7. The number of primary amides is 1. The minimum Gasteiger partial charge on any atom is -0.397 e. The van der Waals surface area contributed by atoms with E-state index in [9.17, 15) is 9.18 Å². The third kappa shape index (κ3) is 2.61. The highest BCUT2D eigenvalue weighted by atomic mass is 35.5. The van der Waals surface area contributed by atoms with Crippen LogP contribution in [0.25, 0.3) is 0 Å². The Hall–Kier alpha value is -2.27. The summed E-state index contributed by atoms with van der Waals surface area (Å²) in [5.41, 5.74) is 11.7. The highest BCUT2D eigenvalue weighted by molar-refractivity contribution is 6.33. The minimum atomic E-state index is -0.665. The quantitative estimate of drug-likeness (QED) is 0.756. The average molecular weight is 280 g/mol. The second kappa shape index (κ2) is 5.16. The standard InChI is InChI=1S/C13H11ClFN3O/c14-8-4-2-5-9(15)12(8)18-11-7(13(17)19)3-1-6-10(11)16/h1-6,18H,16H2,(H2,17,19). The van der Waals surface area contributed by atoms with E-state index in [1.165, 1.54) is 24.3 Å². The molecule has 0 aliphatic rings. The summed E-state index contributed by atoms with van der Waals surface area (Å²) in [6.45, 7) is 0. The fourth-order valence-corrected chi connectivity index (χ4v) is 1.87. The molecular formula is C13H11ClFN3O. The molecule has 0 aliphatic heterocycles. The summed E-state index contributed by atoms with van der Waals surface area (Å²) >= 11 is 5.90. The van der Waals surface area contributed by atoms with Gasteiger partial charge < -0.3 is 16.8 Å². The number of nitrogens with two attached hydrogens (primary N) is 2. The van der Waals surface area contributed by atoms with E-state index in [0.29, 0.717) is 0 Å². The van der Waals surface area contributed by atoms with Crippen molar-refractivity contribution in [2.75, 3.05) is 11.1 Å². The molecule has 0 bridgehead atoms. The maximum Gasteiger partial charge on any atom is 0.250 e. The van der Waals surface area contributed by atoms with Crippen LogP contribution in [-0.2, 0) is 0 Å². The molecule has 6 heteroatoms. The summed E-state index contributed by atoms with van der Waals surface area (Å²) in [5, 5.41) is 2.91. The molecule has 4 nitrogen and oxygen atoms in total. The van der Waals surface area contributed by atoms with E-state index < -0.39 is 11.7 Å². The van der Waals surface area contributed by atoms with Crippen LogP contribution in [0, 0.1) is 5.82 Å². The molecule has 2 aromatic carbocycles. The molecule has 0 aliphatic carbocycles. The van der Waals surface area contributed by atoms with E-state index in [1.807, 2.05) is 0 Å². The van der Waals surface area contributed by atoms with E-state index in [1.54, 1.807) is 12.1 Å². The van der Waals surface area contributed by atoms with Crippen LogP contribution < -0.4 is 16.8 Å². The summed E-state index contributed by atoms with van der Waals surface area (Å²) in [6.07, 6.45) is 0. The molecule has 0 unspecified atom stereocenters. The molecule has 0 aromatic heterocycles. The van der Waals surface area contributed by atoms with Gasteiger partial charge in [-0.3, -0.25) is 4.79 Å². The normalized spacial score (nSPS) is 10.2. The van der Waals surface area contributed by atoms with Crippen molar-refractivity contribution >= 4 is 34.6 Å². The lowest BCUT2D eigenvalue weighted by Gasteiger charge is -2.14. The zero-order chi connectivity index (χ0) is 14.0. The molecule has 2 rings (SSSR count). The summed E-state index contributed by atoms with van der Waals surface area (Å²) in [6, 6.07) is 8.91. The van der Waals surface area contributed by atoms with E-state index >= 15 is 0 Å². The molecule has 0 spiro atoms. The number of para-hydroxylation sites is 2. The lowest BCUT2D eigenvalue weighted by Crippen LogP contribution is -2.14. The van der Waals surface area contributed by atoms with Gasteiger partial charge in [0.2, 0.25) is 0 Å². The number of nitrogen functional groups attached to an aromatic ring is 1. The Kier molecular flexibility index (Phi) is 3.57. The zero-order valence-electron chi connectivity index (χ0n) is 9.78. The van der Waals surface area contributed by atoms with E-state index in [0.717, 1.165) is 0 Å². The van der Waals surface area contributed by atoms with Crippen molar-refractivity contribution in [3.63, 3.8) is 0 Å². The topological polar surface area (TPSA) is 81.1 Å². The molecule has 0 fully saturated rings. The van der Waals surface area contributed by atoms with Gasteiger partial charge in [0.15, 0.2) is 0 Å². The highest BCUT2D eigenvalue weighted by Crippen LogP contribution is 2.32. The Bertz CT molecular complexity index is 626. The Morgan fingerprint density at radius 1 is 1.16 bits per heavy atom. The van der Waals surface area contributed by atoms with Crippen molar-refractivity contribution in [3.8, 4) is 0 Å². The second-order valence-electron chi connectivity index (χ2n) is 3.86. The molecule has 0 radical (unpaired) electrons. The minimum absolute atomic E-state index is 0.0459. The molecule has 0 heterocycles. The van der Waals surface area contributed by atoms with Crippen molar-refractivity contribution in [2.45, 2.75) is 0 Å². The van der Waals surface area contributed by atoms with Crippen LogP contribution in [0.4, 0.5) is 21.5 Å². The van der Waals surface area contributed by atoms with Gasteiger partial charge in [-0.25, -0.2) is 4.39 Å². The van der Waals surface area contributed by atoms with Crippen LogP contribution in [0.2, 0.25) is 5.02 Å². The fraction of sp³-hybridized carbons (Fsp3) is 0. The summed E-state index contributed by atoms with van der Waals surface area (Å²) < 4.78 is 13.7. The maximum absolute atomic E-state index is 13.7. The zero-order valence-corrected chi connectivity index (χ0v) is 10.5. The number of nitrogens with one attached hydrogen (secondary N) is 1. The first-order valence-electron chi connectivity index (χ1n) is 5.40. The van der Waals surface area contributed by atoms with Gasteiger partial charge >= 0.3 is 0 Å². The Balaban J connectivity index is 2.52.